The topological polar surface area (TPSA) is 29.1 Å². The van der Waals surface area contributed by atoms with Crippen molar-refractivity contribution in [1.29, 1.82) is 0 Å². The zero-order valence-electron chi connectivity index (χ0n) is 10.7. The van der Waals surface area contributed by atoms with Crippen molar-refractivity contribution in [3.8, 4) is 0 Å². The molecule has 0 unspecified atom stereocenters. The average Bonchev–Trinajstić information content (AvgIpc) is 2.50. The van der Waals surface area contributed by atoms with Crippen LogP contribution in [-0.4, -0.2) is 5.91 Å². The van der Waals surface area contributed by atoms with Gasteiger partial charge in [0.2, 0.25) is 5.91 Å². The Morgan fingerprint density at radius 2 is 1.94 bits per heavy atom. The molecule has 2 nitrogen and oxygen atoms in total. The number of hydrogen-bond donors (Lipinski definition) is 1. The smallest absolute Gasteiger partial charge is 0.226 e. The van der Waals surface area contributed by atoms with Crippen LogP contribution in [0.3, 0.4) is 0 Å². The van der Waals surface area contributed by atoms with Crippen LogP contribution in [0.25, 0.3) is 0 Å². The molecule has 2 aliphatic rings. The molecule has 0 radical (unpaired) electrons. The number of fused-ring (bicyclic) bond motifs is 3. The standard InChI is InChI=1S/C15H19NO/c1-14(2)9-15(3)8-10-6-4-5-7-11(10)12(15)16-13(14)17/h4-7,12H,8-9H2,1-3H3,(H,16,17)/t12-,15-/m0/s1. The minimum atomic E-state index is -0.243. The lowest BCUT2D eigenvalue weighted by Gasteiger charge is -2.44. The summed E-state index contributed by atoms with van der Waals surface area (Å²) >= 11 is 0. The third-order valence-corrected chi connectivity index (χ3v) is 4.39. The van der Waals surface area contributed by atoms with Crippen LogP contribution in [0.4, 0.5) is 0 Å². The molecule has 1 aromatic rings. The van der Waals surface area contributed by atoms with E-state index in [2.05, 4.69) is 36.5 Å². The Morgan fingerprint density at radius 3 is 2.71 bits per heavy atom. The van der Waals surface area contributed by atoms with E-state index < -0.39 is 0 Å². The van der Waals surface area contributed by atoms with E-state index in [0.717, 1.165) is 12.8 Å². The van der Waals surface area contributed by atoms with E-state index in [1.807, 2.05) is 13.8 Å². The lowest BCUT2D eigenvalue weighted by molar-refractivity contribution is -0.137. The molecule has 0 spiro atoms. The van der Waals surface area contributed by atoms with Crippen LogP contribution < -0.4 is 5.32 Å². The Balaban J connectivity index is 2.06. The van der Waals surface area contributed by atoms with Gasteiger partial charge in [-0.25, -0.2) is 0 Å². The molecule has 3 rings (SSSR count). The first kappa shape index (κ1) is 10.8. The first-order chi connectivity index (χ1) is 7.92. The summed E-state index contributed by atoms with van der Waals surface area (Å²) in [5.74, 6) is 0.191. The summed E-state index contributed by atoms with van der Waals surface area (Å²) in [4.78, 5) is 12.1. The van der Waals surface area contributed by atoms with Crippen LogP contribution in [0.1, 0.15) is 44.4 Å². The molecule has 1 N–H and O–H groups in total. The largest absolute Gasteiger partial charge is 0.348 e. The van der Waals surface area contributed by atoms with Crippen molar-refractivity contribution in [2.75, 3.05) is 0 Å². The quantitative estimate of drug-likeness (QED) is 0.728. The lowest BCUT2D eigenvalue weighted by Crippen LogP contribution is -2.51. The summed E-state index contributed by atoms with van der Waals surface area (Å²) in [6.45, 7) is 6.40. The Bertz CT molecular complexity index is 491. The van der Waals surface area contributed by atoms with Crippen molar-refractivity contribution in [2.24, 2.45) is 10.8 Å². The fourth-order valence-electron chi connectivity index (χ4n) is 3.72. The molecule has 1 aliphatic heterocycles. The van der Waals surface area contributed by atoms with Crippen molar-refractivity contribution < 1.29 is 4.79 Å². The number of nitrogens with one attached hydrogen (secondary N) is 1. The van der Waals surface area contributed by atoms with Gasteiger partial charge in [-0.05, 0) is 29.4 Å². The zero-order valence-corrected chi connectivity index (χ0v) is 10.7. The predicted molar refractivity (Wildman–Crippen MR) is 67.5 cm³/mol. The van der Waals surface area contributed by atoms with Crippen LogP contribution >= 0.6 is 0 Å². The third-order valence-electron chi connectivity index (χ3n) is 4.39. The fraction of sp³-hybridized carbons (Fsp3) is 0.533. The number of carbonyl (C=O) groups excluding carboxylic acids is 1. The third kappa shape index (κ3) is 1.43. The molecule has 1 amide bonds. The first-order valence-corrected chi connectivity index (χ1v) is 6.31. The molecular weight excluding hydrogens is 210 g/mol. The van der Waals surface area contributed by atoms with Crippen molar-refractivity contribution in [3.63, 3.8) is 0 Å². The minimum Gasteiger partial charge on any atom is -0.348 e. The summed E-state index contributed by atoms with van der Waals surface area (Å²) in [6.07, 6.45) is 2.04. The van der Waals surface area contributed by atoms with E-state index in [4.69, 9.17) is 0 Å². The van der Waals surface area contributed by atoms with Gasteiger partial charge in [-0.15, -0.1) is 0 Å². The molecule has 2 atom stereocenters. The van der Waals surface area contributed by atoms with E-state index >= 15 is 0 Å². The average molecular weight is 229 g/mol. The van der Waals surface area contributed by atoms with Gasteiger partial charge in [0.15, 0.2) is 0 Å². The predicted octanol–water partition coefficient (Wildman–Crippen LogP) is 2.84. The van der Waals surface area contributed by atoms with Gasteiger partial charge >= 0.3 is 0 Å². The summed E-state index contributed by atoms with van der Waals surface area (Å²) in [6, 6.07) is 8.71. The molecule has 0 bridgehead atoms. The van der Waals surface area contributed by atoms with Gasteiger partial charge in [0.05, 0.1) is 6.04 Å². The van der Waals surface area contributed by atoms with E-state index in [0.29, 0.717) is 0 Å². The summed E-state index contributed by atoms with van der Waals surface area (Å²) < 4.78 is 0. The Morgan fingerprint density at radius 1 is 1.24 bits per heavy atom. The number of benzene rings is 1. The second-order valence-electron chi connectivity index (χ2n) is 6.50. The van der Waals surface area contributed by atoms with Crippen LogP contribution in [0.2, 0.25) is 0 Å². The molecule has 1 fully saturated rings. The van der Waals surface area contributed by atoms with Crippen molar-refractivity contribution in [2.45, 2.75) is 39.7 Å². The van der Waals surface area contributed by atoms with Gasteiger partial charge in [-0.1, -0.05) is 45.0 Å². The highest BCUT2D eigenvalue weighted by molar-refractivity contribution is 5.83. The SMILES string of the molecule is CC1(C)C[C@]2(C)Cc3ccccc3[C@@H]2NC1=O. The molecular formula is C15H19NO. The number of piperidine rings is 1. The summed E-state index contributed by atoms with van der Waals surface area (Å²) in [5.41, 5.74) is 2.66. The highest BCUT2D eigenvalue weighted by Gasteiger charge is 2.52. The van der Waals surface area contributed by atoms with E-state index in [1.165, 1.54) is 11.1 Å². The normalized spacial score (nSPS) is 33.8. The fourth-order valence-corrected chi connectivity index (χ4v) is 3.72. The molecule has 1 heterocycles. The Kier molecular flexibility index (Phi) is 1.99. The van der Waals surface area contributed by atoms with Gasteiger partial charge in [0, 0.05) is 5.41 Å². The molecule has 1 aliphatic carbocycles. The van der Waals surface area contributed by atoms with Crippen LogP contribution in [0.15, 0.2) is 24.3 Å². The molecule has 0 aromatic heterocycles. The zero-order chi connectivity index (χ0) is 12.3. The number of rotatable bonds is 0. The molecule has 1 saturated heterocycles. The molecule has 17 heavy (non-hydrogen) atoms. The van der Waals surface area contributed by atoms with Gasteiger partial charge in [0.25, 0.3) is 0 Å². The number of hydrogen-bond acceptors (Lipinski definition) is 1. The van der Waals surface area contributed by atoms with Crippen molar-refractivity contribution in [3.05, 3.63) is 35.4 Å². The summed E-state index contributed by atoms with van der Waals surface area (Å²) in [7, 11) is 0. The number of amides is 1. The first-order valence-electron chi connectivity index (χ1n) is 6.31. The summed E-state index contributed by atoms with van der Waals surface area (Å²) in [5, 5.41) is 3.23. The van der Waals surface area contributed by atoms with E-state index in [-0.39, 0.29) is 22.8 Å². The molecule has 1 aromatic carbocycles. The minimum absolute atomic E-state index is 0.182. The monoisotopic (exact) mass is 229 g/mol. The molecule has 2 heteroatoms. The van der Waals surface area contributed by atoms with E-state index in [9.17, 15) is 4.79 Å². The Labute approximate surface area is 102 Å². The highest BCUT2D eigenvalue weighted by atomic mass is 16.2. The maximum atomic E-state index is 12.1. The van der Waals surface area contributed by atoms with Gasteiger partial charge in [0.1, 0.15) is 0 Å². The second-order valence-corrected chi connectivity index (χ2v) is 6.50. The molecule has 90 valence electrons. The van der Waals surface area contributed by atoms with Gasteiger partial charge in [-0.2, -0.15) is 0 Å². The van der Waals surface area contributed by atoms with Crippen molar-refractivity contribution in [1.82, 2.24) is 5.32 Å². The van der Waals surface area contributed by atoms with Gasteiger partial charge in [-0.3, -0.25) is 4.79 Å². The number of carbonyl (C=O) groups is 1. The Hall–Kier alpha value is -1.31. The van der Waals surface area contributed by atoms with Crippen LogP contribution in [0.5, 0.6) is 0 Å². The maximum Gasteiger partial charge on any atom is 0.226 e. The van der Waals surface area contributed by atoms with Crippen LogP contribution in [0, 0.1) is 10.8 Å². The maximum absolute atomic E-state index is 12.1. The van der Waals surface area contributed by atoms with Crippen LogP contribution in [-0.2, 0) is 11.2 Å². The molecule has 0 saturated carbocycles. The highest BCUT2D eigenvalue weighted by Crippen LogP contribution is 2.54. The lowest BCUT2D eigenvalue weighted by atomic mass is 9.66. The van der Waals surface area contributed by atoms with E-state index in [1.54, 1.807) is 0 Å². The van der Waals surface area contributed by atoms with Crippen molar-refractivity contribution >= 4 is 5.91 Å². The second kappa shape index (κ2) is 3.12. The van der Waals surface area contributed by atoms with Gasteiger partial charge < -0.3 is 5.32 Å².